The zero-order chi connectivity index (χ0) is 20.8. The van der Waals surface area contributed by atoms with E-state index in [0.717, 1.165) is 0 Å². The van der Waals surface area contributed by atoms with Crippen LogP contribution in [0.5, 0.6) is 17.2 Å². The molecule has 3 aromatic rings. The van der Waals surface area contributed by atoms with Crippen LogP contribution >= 0.6 is 0 Å². The molecule has 6 heteroatoms. The minimum absolute atomic E-state index is 0.0888. The fourth-order valence-corrected chi connectivity index (χ4v) is 2.63. The molecule has 6 nitrogen and oxygen atoms in total. The first-order valence-electron chi connectivity index (χ1n) is 8.77. The molecular weight excluding hydrogens is 372 g/mol. The summed E-state index contributed by atoms with van der Waals surface area (Å²) in [7, 11) is 1.38. The number of ketones is 1. The molecule has 0 N–H and O–H groups in total. The maximum Gasteiger partial charge on any atom is 0.343 e. The van der Waals surface area contributed by atoms with E-state index in [0.29, 0.717) is 5.56 Å². The van der Waals surface area contributed by atoms with Crippen LogP contribution in [0, 0.1) is 0 Å². The van der Waals surface area contributed by atoms with E-state index < -0.39 is 11.9 Å². The minimum atomic E-state index is -0.696. The van der Waals surface area contributed by atoms with Crippen molar-refractivity contribution in [2.45, 2.75) is 6.92 Å². The van der Waals surface area contributed by atoms with E-state index in [1.54, 1.807) is 60.7 Å². The largest absolute Gasteiger partial charge is 0.493 e. The zero-order valence-electron chi connectivity index (χ0n) is 15.9. The molecule has 3 rings (SSSR count). The second-order valence-electron chi connectivity index (χ2n) is 6.04. The topological polar surface area (TPSA) is 78.9 Å². The third-order valence-electron chi connectivity index (χ3n) is 4.08. The smallest absolute Gasteiger partial charge is 0.343 e. The van der Waals surface area contributed by atoms with E-state index in [2.05, 4.69) is 0 Å². The van der Waals surface area contributed by atoms with E-state index in [4.69, 9.17) is 14.2 Å². The molecule has 29 heavy (non-hydrogen) atoms. The molecule has 0 spiro atoms. The predicted octanol–water partition coefficient (Wildman–Crippen LogP) is 4.34. The molecule has 0 bridgehead atoms. The Morgan fingerprint density at radius 2 is 1.14 bits per heavy atom. The first kappa shape index (κ1) is 19.8. The molecule has 0 fully saturated rings. The van der Waals surface area contributed by atoms with Gasteiger partial charge in [-0.25, -0.2) is 9.59 Å². The van der Waals surface area contributed by atoms with Crippen molar-refractivity contribution in [1.82, 2.24) is 0 Å². The van der Waals surface area contributed by atoms with E-state index >= 15 is 0 Å². The fraction of sp³-hybridized carbons (Fsp3) is 0.0870. The fourth-order valence-electron chi connectivity index (χ4n) is 2.63. The number of methoxy groups -OCH3 is 1. The lowest BCUT2D eigenvalue weighted by Crippen LogP contribution is -2.15. The number of benzene rings is 3. The van der Waals surface area contributed by atoms with Gasteiger partial charge in [0.2, 0.25) is 5.75 Å². The van der Waals surface area contributed by atoms with Gasteiger partial charge >= 0.3 is 11.9 Å². The van der Waals surface area contributed by atoms with Gasteiger partial charge in [0.05, 0.1) is 23.8 Å². The number of rotatable bonds is 6. The third-order valence-corrected chi connectivity index (χ3v) is 4.08. The lowest BCUT2D eigenvalue weighted by atomic mass is 10.1. The van der Waals surface area contributed by atoms with E-state index in [9.17, 15) is 14.4 Å². The first-order valence-corrected chi connectivity index (χ1v) is 8.77. The van der Waals surface area contributed by atoms with Gasteiger partial charge in [0, 0.05) is 0 Å². The standard InChI is InChI=1S/C23H18O6/c1-15(24)18-13-14-19(27-2)21(29-23(26)17-11-7-4-8-12-17)20(18)28-22(25)16-9-5-3-6-10-16/h3-14H,1-2H3. The molecule has 3 aromatic carbocycles. The van der Waals surface area contributed by atoms with Gasteiger partial charge in [0.1, 0.15) is 0 Å². The molecule has 0 heterocycles. The Balaban J connectivity index is 2.05. The maximum atomic E-state index is 12.6. The van der Waals surface area contributed by atoms with Crippen LogP contribution in [0.1, 0.15) is 38.0 Å². The Morgan fingerprint density at radius 1 is 0.655 bits per heavy atom. The van der Waals surface area contributed by atoms with Gasteiger partial charge in [-0.1, -0.05) is 36.4 Å². The maximum absolute atomic E-state index is 12.6. The Bertz CT molecular complexity index is 1040. The highest BCUT2D eigenvalue weighted by Crippen LogP contribution is 2.41. The minimum Gasteiger partial charge on any atom is -0.493 e. The normalized spacial score (nSPS) is 10.1. The molecule has 0 unspecified atom stereocenters. The number of ether oxygens (including phenoxy) is 3. The molecular formula is C23H18O6. The lowest BCUT2D eigenvalue weighted by molar-refractivity contribution is 0.0675. The van der Waals surface area contributed by atoms with Crippen molar-refractivity contribution in [3.63, 3.8) is 0 Å². The van der Waals surface area contributed by atoms with Crippen LogP contribution in [0.4, 0.5) is 0 Å². The Hall–Kier alpha value is -3.93. The van der Waals surface area contributed by atoms with Crippen molar-refractivity contribution in [2.24, 2.45) is 0 Å². The lowest BCUT2D eigenvalue weighted by Gasteiger charge is -2.16. The van der Waals surface area contributed by atoms with Crippen molar-refractivity contribution in [1.29, 1.82) is 0 Å². The molecule has 0 amide bonds. The van der Waals surface area contributed by atoms with Crippen molar-refractivity contribution in [3.05, 3.63) is 89.5 Å². The third kappa shape index (κ3) is 4.50. The summed E-state index contributed by atoms with van der Waals surface area (Å²) in [5.41, 5.74) is 0.666. The van der Waals surface area contributed by atoms with Crippen LogP contribution in [0.2, 0.25) is 0 Å². The van der Waals surface area contributed by atoms with Crippen LogP contribution in [-0.4, -0.2) is 24.8 Å². The van der Waals surface area contributed by atoms with Crippen LogP contribution in [-0.2, 0) is 0 Å². The summed E-state index contributed by atoms with van der Waals surface area (Å²) in [6.07, 6.45) is 0. The van der Waals surface area contributed by atoms with Crippen molar-refractivity contribution in [2.75, 3.05) is 7.11 Å². The van der Waals surface area contributed by atoms with Gasteiger partial charge in [-0.3, -0.25) is 4.79 Å². The van der Waals surface area contributed by atoms with Gasteiger partial charge in [-0.05, 0) is 43.3 Å². The highest BCUT2D eigenvalue weighted by atomic mass is 16.6. The number of esters is 2. The Labute approximate surface area is 167 Å². The van der Waals surface area contributed by atoms with Crippen LogP contribution in [0.15, 0.2) is 72.8 Å². The summed E-state index contributed by atoms with van der Waals surface area (Å²) in [6.45, 7) is 1.32. The SMILES string of the molecule is COc1ccc(C(C)=O)c(OC(=O)c2ccccc2)c1OC(=O)c1ccccc1. The number of hydrogen-bond donors (Lipinski definition) is 0. The van der Waals surface area contributed by atoms with Gasteiger partial charge in [-0.2, -0.15) is 0 Å². The van der Waals surface area contributed by atoms with E-state index in [-0.39, 0.29) is 34.2 Å². The number of Topliss-reactive ketones (excluding diaryl/α,β-unsaturated/α-hetero) is 1. The quantitative estimate of drug-likeness (QED) is 0.354. The molecule has 0 aliphatic rings. The van der Waals surface area contributed by atoms with Gasteiger partial charge in [0.15, 0.2) is 17.3 Å². The number of carbonyl (C=O) groups is 3. The predicted molar refractivity (Wildman–Crippen MR) is 106 cm³/mol. The molecule has 0 aliphatic heterocycles. The Kier molecular flexibility index (Phi) is 6.04. The summed E-state index contributed by atoms with van der Waals surface area (Å²) < 4.78 is 16.2. The summed E-state index contributed by atoms with van der Waals surface area (Å²) in [6, 6.07) is 19.5. The number of hydrogen-bond acceptors (Lipinski definition) is 6. The summed E-state index contributed by atoms with van der Waals surface area (Å²) >= 11 is 0. The second-order valence-corrected chi connectivity index (χ2v) is 6.04. The molecule has 0 aromatic heterocycles. The van der Waals surface area contributed by atoms with Crippen LogP contribution in [0.3, 0.4) is 0 Å². The summed E-state index contributed by atoms with van der Waals surface area (Å²) in [4.78, 5) is 37.3. The van der Waals surface area contributed by atoms with Gasteiger partial charge < -0.3 is 14.2 Å². The van der Waals surface area contributed by atoms with E-state index in [1.165, 1.54) is 26.2 Å². The zero-order valence-corrected chi connectivity index (χ0v) is 15.9. The van der Waals surface area contributed by atoms with Crippen LogP contribution < -0.4 is 14.2 Å². The van der Waals surface area contributed by atoms with Crippen LogP contribution in [0.25, 0.3) is 0 Å². The van der Waals surface area contributed by atoms with Crippen molar-refractivity contribution in [3.8, 4) is 17.2 Å². The van der Waals surface area contributed by atoms with Crippen molar-refractivity contribution >= 4 is 17.7 Å². The average Bonchev–Trinajstić information content (AvgIpc) is 2.75. The number of carbonyl (C=O) groups excluding carboxylic acids is 3. The highest BCUT2D eigenvalue weighted by molar-refractivity contribution is 6.01. The molecule has 146 valence electrons. The summed E-state index contributed by atoms with van der Waals surface area (Å²) in [5.74, 6) is -1.90. The molecule has 0 radical (unpaired) electrons. The molecule has 0 saturated carbocycles. The van der Waals surface area contributed by atoms with Gasteiger partial charge in [-0.15, -0.1) is 0 Å². The first-order chi connectivity index (χ1) is 14.0. The highest BCUT2D eigenvalue weighted by Gasteiger charge is 2.25. The monoisotopic (exact) mass is 390 g/mol. The summed E-state index contributed by atoms with van der Waals surface area (Å²) in [5, 5.41) is 0. The molecule has 0 atom stereocenters. The molecule has 0 saturated heterocycles. The van der Waals surface area contributed by atoms with E-state index in [1.807, 2.05) is 0 Å². The van der Waals surface area contributed by atoms with Crippen molar-refractivity contribution < 1.29 is 28.6 Å². The van der Waals surface area contributed by atoms with Gasteiger partial charge in [0.25, 0.3) is 0 Å². The molecule has 0 aliphatic carbocycles. The second kappa shape index (κ2) is 8.84. The Morgan fingerprint density at radius 3 is 1.59 bits per heavy atom. The average molecular weight is 390 g/mol.